The molecule has 1 aliphatic rings. The Bertz CT molecular complexity index is 2410. The molecule has 0 spiro atoms. The van der Waals surface area contributed by atoms with Gasteiger partial charge >= 0.3 is 0 Å². The Kier molecular flexibility index (Phi) is 9.88. The average molecular weight is 741 g/mol. The first kappa shape index (κ1) is 38.1. The number of fused-ring (bicyclic) bond motifs is 2. The predicted molar refractivity (Wildman–Crippen MR) is 235 cm³/mol. The van der Waals surface area contributed by atoms with Gasteiger partial charge in [-0.3, -0.25) is 9.59 Å². The van der Waals surface area contributed by atoms with E-state index in [1.165, 1.54) is 16.7 Å². The standard InChI is InChI=1S/C50H52N4O2/c1-48(2,3)31-15-21-35(22-16-31)52-39-28-27-38(51-34-13-11-10-12-14-34)42-43(39)47(56)45-41(54-37-25-19-33(20-26-37)50(7,8)9)30-29-40(44(45)46(42)55)53-36-23-17-32(18-24-36)49(4,5)6/h10-30,51-54H,1-9H3. The van der Waals surface area contributed by atoms with Crippen molar-refractivity contribution in [2.75, 3.05) is 21.3 Å². The Morgan fingerprint density at radius 3 is 0.768 bits per heavy atom. The van der Waals surface area contributed by atoms with Crippen LogP contribution in [0.25, 0.3) is 0 Å². The van der Waals surface area contributed by atoms with Crippen LogP contribution in [0.15, 0.2) is 127 Å². The van der Waals surface area contributed by atoms with Crippen LogP contribution in [0.3, 0.4) is 0 Å². The van der Waals surface area contributed by atoms with Crippen LogP contribution < -0.4 is 21.3 Å². The Morgan fingerprint density at radius 2 is 0.536 bits per heavy atom. The Hall–Kier alpha value is -6.14. The molecule has 0 fully saturated rings. The van der Waals surface area contributed by atoms with Crippen LogP contribution in [0, 0.1) is 0 Å². The Labute approximate surface area is 331 Å². The van der Waals surface area contributed by atoms with Gasteiger partial charge in [-0.1, -0.05) is 117 Å². The summed E-state index contributed by atoms with van der Waals surface area (Å²) >= 11 is 0. The minimum Gasteiger partial charge on any atom is -0.355 e. The fourth-order valence-electron chi connectivity index (χ4n) is 7.12. The topological polar surface area (TPSA) is 82.3 Å². The Balaban J connectivity index is 1.38. The molecule has 0 bridgehead atoms. The van der Waals surface area contributed by atoms with E-state index in [0.717, 1.165) is 22.7 Å². The molecule has 7 rings (SSSR count). The highest BCUT2D eigenvalue weighted by Gasteiger charge is 2.38. The number of hydrogen-bond acceptors (Lipinski definition) is 6. The van der Waals surface area contributed by atoms with Gasteiger partial charge in [0.2, 0.25) is 0 Å². The summed E-state index contributed by atoms with van der Waals surface area (Å²) < 4.78 is 0. The lowest BCUT2D eigenvalue weighted by molar-refractivity contribution is 0.0981. The summed E-state index contributed by atoms with van der Waals surface area (Å²) in [5.41, 5.74) is 10.4. The zero-order valence-electron chi connectivity index (χ0n) is 33.9. The average Bonchev–Trinajstić information content (AvgIpc) is 3.15. The van der Waals surface area contributed by atoms with Gasteiger partial charge < -0.3 is 21.3 Å². The second-order valence-electron chi connectivity index (χ2n) is 17.8. The van der Waals surface area contributed by atoms with E-state index in [9.17, 15) is 0 Å². The van der Waals surface area contributed by atoms with Crippen LogP contribution in [0.4, 0.5) is 45.5 Å². The molecule has 0 amide bonds. The van der Waals surface area contributed by atoms with Crippen molar-refractivity contribution in [3.63, 3.8) is 0 Å². The van der Waals surface area contributed by atoms with Crippen molar-refractivity contribution in [3.8, 4) is 0 Å². The first-order valence-corrected chi connectivity index (χ1v) is 19.4. The van der Waals surface area contributed by atoms with E-state index in [1.54, 1.807) is 0 Å². The highest BCUT2D eigenvalue weighted by Crippen LogP contribution is 2.44. The van der Waals surface area contributed by atoms with Crippen molar-refractivity contribution < 1.29 is 9.59 Å². The third-order valence-electron chi connectivity index (χ3n) is 10.5. The van der Waals surface area contributed by atoms with Gasteiger partial charge in [0.1, 0.15) is 0 Å². The maximum Gasteiger partial charge on any atom is 0.198 e. The number of hydrogen-bond donors (Lipinski definition) is 4. The molecule has 284 valence electrons. The molecule has 1 aliphatic carbocycles. The number of rotatable bonds is 8. The van der Waals surface area contributed by atoms with E-state index < -0.39 is 0 Å². The van der Waals surface area contributed by atoms with Gasteiger partial charge in [-0.05, 0) is 106 Å². The van der Waals surface area contributed by atoms with E-state index >= 15 is 9.59 Å². The molecule has 0 saturated heterocycles. The normalized spacial score (nSPS) is 12.8. The lowest BCUT2D eigenvalue weighted by Crippen LogP contribution is -2.26. The number of carbonyl (C=O) groups is 2. The minimum atomic E-state index is -0.250. The van der Waals surface area contributed by atoms with Gasteiger partial charge in [0.25, 0.3) is 0 Å². The minimum absolute atomic E-state index is 0.00855. The molecule has 4 N–H and O–H groups in total. The summed E-state index contributed by atoms with van der Waals surface area (Å²) in [7, 11) is 0. The number of ketones is 2. The molecule has 6 nitrogen and oxygen atoms in total. The molecule has 56 heavy (non-hydrogen) atoms. The van der Waals surface area contributed by atoms with Crippen molar-refractivity contribution in [1.82, 2.24) is 0 Å². The molecular formula is C50H52N4O2. The maximum absolute atomic E-state index is 15.3. The fraction of sp³-hybridized carbons (Fsp3) is 0.240. The molecular weight excluding hydrogens is 689 g/mol. The van der Waals surface area contributed by atoms with Crippen LogP contribution in [0.2, 0.25) is 0 Å². The summed E-state index contributed by atoms with van der Waals surface area (Å²) in [4.78, 5) is 30.6. The number of benzene rings is 6. The molecule has 0 saturated carbocycles. The summed E-state index contributed by atoms with van der Waals surface area (Å²) in [6.07, 6.45) is 0. The molecule has 0 heterocycles. The largest absolute Gasteiger partial charge is 0.355 e. The van der Waals surface area contributed by atoms with Gasteiger partial charge in [0.15, 0.2) is 11.6 Å². The molecule has 6 aromatic carbocycles. The molecule has 6 aromatic rings. The first-order chi connectivity index (χ1) is 26.5. The molecule has 0 radical (unpaired) electrons. The molecule has 0 atom stereocenters. The van der Waals surface area contributed by atoms with Crippen molar-refractivity contribution in [2.45, 2.75) is 78.6 Å². The van der Waals surface area contributed by atoms with Crippen molar-refractivity contribution in [3.05, 3.63) is 166 Å². The number of para-hydroxylation sites is 1. The van der Waals surface area contributed by atoms with Gasteiger partial charge in [0, 0.05) is 22.7 Å². The van der Waals surface area contributed by atoms with Crippen LogP contribution in [0.1, 0.15) is 111 Å². The smallest absolute Gasteiger partial charge is 0.198 e. The van der Waals surface area contributed by atoms with E-state index in [4.69, 9.17) is 0 Å². The second-order valence-corrected chi connectivity index (χ2v) is 17.8. The van der Waals surface area contributed by atoms with Gasteiger partial charge in [0.05, 0.1) is 45.0 Å². The quantitative estimate of drug-likeness (QED) is 0.124. The van der Waals surface area contributed by atoms with Gasteiger partial charge in [-0.2, -0.15) is 0 Å². The molecule has 0 aromatic heterocycles. The van der Waals surface area contributed by atoms with Crippen LogP contribution in [-0.4, -0.2) is 11.6 Å². The first-order valence-electron chi connectivity index (χ1n) is 19.4. The van der Waals surface area contributed by atoms with Gasteiger partial charge in [-0.25, -0.2) is 0 Å². The lowest BCUT2D eigenvalue weighted by atomic mass is 9.80. The predicted octanol–water partition coefficient (Wildman–Crippen LogP) is 13.3. The van der Waals surface area contributed by atoms with Crippen LogP contribution >= 0.6 is 0 Å². The summed E-state index contributed by atoms with van der Waals surface area (Å²) in [5.74, 6) is -0.499. The summed E-state index contributed by atoms with van der Waals surface area (Å²) in [5, 5.41) is 14.0. The number of nitrogens with one attached hydrogen (secondary N) is 4. The van der Waals surface area contributed by atoms with Crippen molar-refractivity contribution >= 4 is 57.1 Å². The summed E-state index contributed by atoms with van der Waals surface area (Å²) in [6.45, 7) is 19.6. The van der Waals surface area contributed by atoms with Crippen molar-refractivity contribution in [1.29, 1.82) is 0 Å². The fourth-order valence-corrected chi connectivity index (χ4v) is 7.12. The lowest BCUT2D eigenvalue weighted by Gasteiger charge is -2.28. The van der Waals surface area contributed by atoms with Crippen LogP contribution in [0.5, 0.6) is 0 Å². The number of anilines is 8. The second kappa shape index (κ2) is 14.5. The summed E-state index contributed by atoms with van der Waals surface area (Å²) in [6, 6.07) is 42.0. The van der Waals surface area contributed by atoms with Gasteiger partial charge in [-0.15, -0.1) is 0 Å². The Morgan fingerprint density at radius 1 is 0.304 bits per heavy atom. The zero-order chi connectivity index (χ0) is 40.0. The highest BCUT2D eigenvalue weighted by atomic mass is 16.1. The monoisotopic (exact) mass is 740 g/mol. The zero-order valence-corrected chi connectivity index (χ0v) is 33.9. The number of carbonyl (C=O) groups excluding carboxylic acids is 2. The van der Waals surface area contributed by atoms with Crippen molar-refractivity contribution in [2.24, 2.45) is 0 Å². The highest BCUT2D eigenvalue weighted by molar-refractivity contribution is 6.35. The van der Waals surface area contributed by atoms with E-state index in [0.29, 0.717) is 45.0 Å². The molecule has 0 unspecified atom stereocenters. The molecule has 6 heteroatoms. The van der Waals surface area contributed by atoms with Crippen LogP contribution in [-0.2, 0) is 16.2 Å². The third-order valence-corrected chi connectivity index (χ3v) is 10.5. The molecule has 0 aliphatic heterocycles. The van der Waals surface area contributed by atoms with E-state index in [1.807, 2.05) is 91.0 Å². The maximum atomic E-state index is 15.3. The van der Waals surface area contributed by atoms with E-state index in [-0.39, 0.29) is 27.8 Å². The SMILES string of the molecule is CC(C)(C)c1ccc(Nc2ccc(Nc3ccccc3)c3c2C(=O)c2c(Nc4ccc(C(C)(C)C)cc4)ccc(Nc4ccc(C(C)(C)C)cc4)c2C3=O)cc1. The third kappa shape index (κ3) is 7.83. The van der Waals surface area contributed by atoms with E-state index in [2.05, 4.69) is 120 Å².